The third-order valence-corrected chi connectivity index (χ3v) is 4.17. The van der Waals surface area contributed by atoms with Crippen LogP contribution in [0.2, 0.25) is 0 Å². The summed E-state index contributed by atoms with van der Waals surface area (Å²) in [5.74, 6) is -3.71. The maximum Gasteiger partial charge on any atom is 0.417 e. The summed E-state index contributed by atoms with van der Waals surface area (Å²) in [6.45, 7) is 12.9. The molecule has 0 aromatic rings. The van der Waals surface area contributed by atoms with Crippen LogP contribution in [0.25, 0.3) is 0 Å². The highest BCUT2D eigenvalue weighted by molar-refractivity contribution is 6.00. The summed E-state index contributed by atoms with van der Waals surface area (Å²) in [5.41, 5.74) is 4.66. The van der Waals surface area contributed by atoms with E-state index in [-0.39, 0.29) is 12.3 Å². The van der Waals surface area contributed by atoms with Crippen molar-refractivity contribution < 1.29 is 34.1 Å². The predicted molar refractivity (Wildman–Crippen MR) is 110 cm³/mol. The molecule has 0 fully saturated rings. The van der Waals surface area contributed by atoms with Gasteiger partial charge in [0.1, 0.15) is 23.7 Å². The van der Waals surface area contributed by atoms with Gasteiger partial charge in [-0.3, -0.25) is 9.59 Å². The van der Waals surface area contributed by atoms with E-state index in [1.807, 2.05) is 0 Å². The minimum absolute atomic E-state index is 0.00622. The molecule has 0 aromatic heterocycles. The number of imide groups is 1. The van der Waals surface area contributed by atoms with Gasteiger partial charge in [0.05, 0.1) is 6.10 Å². The molecule has 0 rings (SSSR count). The van der Waals surface area contributed by atoms with Crippen molar-refractivity contribution in [3.05, 3.63) is 0 Å². The van der Waals surface area contributed by atoms with Gasteiger partial charge >= 0.3 is 12.1 Å². The van der Waals surface area contributed by atoms with Crippen molar-refractivity contribution in [1.82, 2.24) is 10.2 Å². The first-order valence-corrected chi connectivity index (χ1v) is 10.0. The lowest BCUT2D eigenvalue weighted by molar-refractivity contribution is -0.152. The number of carbonyl (C=O) groups excluding carboxylic acids is 3. The number of carboxylic acids is 1. The van der Waals surface area contributed by atoms with Gasteiger partial charge in [-0.25, -0.2) is 14.5 Å². The number of aliphatic carboxylic acids is 1. The fourth-order valence-electron chi connectivity index (χ4n) is 2.58. The van der Waals surface area contributed by atoms with Crippen LogP contribution < -0.4 is 11.1 Å². The van der Waals surface area contributed by atoms with Crippen LogP contribution in [0.4, 0.5) is 4.79 Å². The molecule has 0 bridgehead atoms. The molecule has 3 amide bonds. The molecule has 30 heavy (non-hydrogen) atoms. The number of amides is 3. The number of nitrogens with one attached hydrogen (secondary N) is 1. The molecule has 4 atom stereocenters. The van der Waals surface area contributed by atoms with Gasteiger partial charge in [0.25, 0.3) is 5.91 Å². The van der Waals surface area contributed by atoms with E-state index in [0.29, 0.717) is 4.90 Å². The summed E-state index contributed by atoms with van der Waals surface area (Å²) in [4.78, 5) is 50.9. The first-order chi connectivity index (χ1) is 13.5. The van der Waals surface area contributed by atoms with Crippen molar-refractivity contribution in [1.29, 1.82) is 0 Å². The number of aliphatic hydroxyl groups is 1. The summed E-state index contributed by atoms with van der Waals surface area (Å²) >= 11 is 0. The van der Waals surface area contributed by atoms with E-state index < -0.39 is 59.6 Å². The number of carbonyl (C=O) groups is 4. The molecule has 0 heterocycles. The highest BCUT2D eigenvalue weighted by Gasteiger charge is 2.42. The third kappa shape index (κ3) is 8.66. The van der Waals surface area contributed by atoms with Gasteiger partial charge in [0.2, 0.25) is 5.91 Å². The van der Waals surface area contributed by atoms with Crippen LogP contribution in [0.1, 0.15) is 61.8 Å². The Morgan fingerprint density at radius 1 is 1.07 bits per heavy atom. The van der Waals surface area contributed by atoms with Crippen molar-refractivity contribution >= 4 is 23.9 Å². The Kier molecular flexibility index (Phi) is 10.4. The van der Waals surface area contributed by atoms with E-state index in [4.69, 9.17) is 10.5 Å². The summed E-state index contributed by atoms with van der Waals surface area (Å²) in [6.07, 6.45) is -2.27. The average Bonchev–Trinajstić information content (AvgIpc) is 2.55. The number of nitrogens with zero attached hydrogens (tertiary/aromatic N) is 1. The van der Waals surface area contributed by atoms with Gasteiger partial charge in [-0.05, 0) is 46.0 Å². The van der Waals surface area contributed by atoms with E-state index in [0.717, 1.165) is 0 Å². The molecule has 0 saturated heterocycles. The van der Waals surface area contributed by atoms with Crippen LogP contribution in [0.15, 0.2) is 0 Å². The summed E-state index contributed by atoms with van der Waals surface area (Å²) < 4.78 is 5.28. The van der Waals surface area contributed by atoms with Crippen molar-refractivity contribution in [2.75, 3.05) is 0 Å². The quantitative estimate of drug-likeness (QED) is 0.422. The van der Waals surface area contributed by atoms with Crippen LogP contribution in [-0.4, -0.2) is 68.8 Å². The second kappa shape index (κ2) is 11.3. The Bertz CT molecular complexity index is 626. The van der Waals surface area contributed by atoms with Crippen molar-refractivity contribution in [3.8, 4) is 0 Å². The minimum atomic E-state index is -1.48. The molecule has 174 valence electrons. The van der Waals surface area contributed by atoms with Gasteiger partial charge in [-0.2, -0.15) is 0 Å². The van der Waals surface area contributed by atoms with Gasteiger partial charge in [0.15, 0.2) is 0 Å². The molecule has 0 aliphatic heterocycles. The van der Waals surface area contributed by atoms with Crippen molar-refractivity contribution in [2.24, 2.45) is 17.6 Å². The number of ether oxygens (including phenoxy) is 1. The normalized spacial score (nSPS) is 15.9. The number of hydrogen-bond donors (Lipinski definition) is 4. The highest BCUT2D eigenvalue weighted by Crippen LogP contribution is 2.20. The molecule has 10 nitrogen and oxygen atoms in total. The molecular formula is C20H37N3O7. The lowest BCUT2D eigenvalue weighted by Gasteiger charge is -2.34. The number of rotatable bonds is 9. The lowest BCUT2D eigenvalue weighted by atomic mass is 9.98. The standard InChI is InChI=1S/C20H37N3O7/c1-10(2)9-13(18(27)28)23(19(29)30-20(6,7)8)17(26)15(11(3)4)22-16(25)14(21)12(5)24/h10-15,24H,9,21H2,1-8H3,(H,22,25)(H,27,28). The minimum Gasteiger partial charge on any atom is -0.480 e. The van der Waals surface area contributed by atoms with E-state index >= 15 is 0 Å². The zero-order valence-electron chi connectivity index (χ0n) is 19.1. The number of nitrogens with two attached hydrogens (primary N) is 1. The van der Waals surface area contributed by atoms with Crippen LogP contribution in [0, 0.1) is 11.8 Å². The van der Waals surface area contributed by atoms with Gasteiger partial charge < -0.3 is 26.0 Å². The molecule has 10 heteroatoms. The molecule has 0 saturated carbocycles. The van der Waals surface area contributed by atoms with Crippen molar-refractivity contribution in [2.45, 2.75) is 91.6 Å². The molecule has 0 aliphatic carbocycles. The summed E-state index contributed by atoms with van der Waals surface area (Å²) in [5, 5.41) is 21.7. The smallest absolute Gasteiger partial charge is 0.417 e. The number of hydrogen-bond acceptors (Lipinski definition) is 7. The second-order valence-corrected chi connectivity index (χ2v) is 9.17. The Labute approximate surface area is 178 Å². The van der Waals surface area contributed by atoms with Crippen LogP contribution in [0.5, 0.6) is 0 Å². The summed E-state index contributed by atoms with van der Waals surface area (Å²) in [6, 6.07) is -4.01. The molecular weight excluding hydrogens is 394 g/mol. The molecule has 4 unspecified atom stereocenters. The third-order valence-electron chi connectivity index (χ3n) is 4.17. The Morgan fingerprint density at radius 3 is 1.90 bits per heavy atom. The molecule has 0 spiro atoms. The largest absolute Gasteiger partial charge is 0.480 e. The average molecular weight is 432 g/mol. The van der Waals surface area contributed by atoms with Gasteiger partial charge in [-0.1, -0.05) is 27.7 Å². The summed E-state index contributed by atoms with van der Waals surface area (Å²) in [7, 11) is 0. The maximum atomic E-state index is 13.3. The Hall–Kier alpha value is -2.20. The fraction of sp³-hybridized carbons (Fsp3) is 0.800. The second-order valence-electron chi connectivity index (χ2n) is 9.17. The fourth-order valence-corrected chi connectivity index (χ4v) is 2.58. The molecule has 0 aliphatic rings. The highest BCUT2D eigenvalue weighted by atomic mass is 16.6. The van der Waals surface area contributed by atoms with E-state index in [1.54, 1.807) is 48.5 Å². The van der Waals surface area contributed by atoms with E-state index in [1.165, 1.54) is 6.92 Å². The van der Waals surface area contributed by atoms with Crippen LogP contribution in [-0.2, 0) is 19.1 Å². The topological polar surface area (TPSA) is 159 Å². The predicted octanol–water partition coefficient (Wildman–Crippen LogP) is 1.10. The lowest BCUT2D eigenvalue weighted by Crippen LogP contribution is -2.60. The van der Waals surface area contributed by atoms with Gasteiger partial charge in [-0.15, -0.1) is 0 Å². The van der Waals surface area contributed by atoms with E-state index in [2.05, 4.69) is 5.32 Å². The van der Waals surface area contributed by atoms with Gasteiger partial charge in [0, 0.05) is 0 Å². The first-order valence-electron chi connectivity index (χ1n) is 10.0. The molecule has 5 N–H and O–H groups in total. The zero-order valence-corrected chi connectivity index (χ0v) is 19.1. The SMILES string of the molecule is CC(C)CC(C(=O)O)N(C(=O)OC(C)(C)C)C(=O)C(NC(=O)C(N)C(C)O)C(C)C. The maximum absolute atomic E-state index is 13.3. The number of aliphatic hydroxyl groups excluding tert-OH is 1. The molecule has 0 aromatic carbocycles. The monoisotopic (exact) mass is 431 g/mol. The van der Waals surface area contributed by atoms with E-state index in [9.17, 15) is 29.4 Å². The van der Waals surface area contributed by atoms with Crippen LogP contribution in [0.3, 0.4) is 0 Å². The van der Waals surface area contributed by atoms with Crippen molar-refractivity contribution in [3.63, 3.8) is 0 Å². The Morgan fingerprint density at radius 2 is 1.57 bits per heavy atom. The Balaban J connectivity index is 6.13. The zero-order chi connectivity index (χ0) is 24.0. The van der Waals surface area contributed by atoms with Crippen LogP contribution >= 0.6 is 0 Å². The number of carboxylic acid groups (broad SMARTS) is 1. The molecule has 0 radical (unpaired) electrons. The first kappa shape index (κ1) is 27.8.